The second kappa shape index (κ2) is 7.61. The van der Waals surface area contributed by atoms with E-state index in [0.29, 0.717) is 33.3 Å². The van der Waals surface area contributed by atoms with Gasteiger partial charge < -0.3 is 14.8 Å². The molecule has 2 heterocycles. The fraction of sp³-hybridized carbons (Fsp3) is 0.100. The van der Waals surface area contributed by atoms with Crippen molar-refractivity contribution in [1.29, 1.82) is 5.26 Å². The highest BCUT2D eigenvalue weighted by Gasteiger charge is 2.16. The maximum absolute atomic E-state index is 10.9. The van der Waals surface area contributed by atoms with E-state index >= 15 is 0 Å². The molecule has 3 aromatic rings. The van der Waals surface area contributed by atoms with Crippen LogP contribution in [0.2, 0.25) is 0 Å². The number of hydrogen-bond acceptors (Lipinski definition) is 8. The Balaban J connectivity index is 1.56. The summed E-state index contributed by atoms with van der Waals surface area (Å²) in [6.07, 6.45) is 1.55. The fourth-order valence-electron chi connectivity index (χ4n) is 2.80. The first kappa shape index (κ1) is 18.5. The van der Waals surface area contributed by atoms with E-state index in [1.165, 1.54) is 23.5 Å². The zero-order chi connectivity index (χ0) is 20.4. The number of thiazole rings is 1. The van der Waals surface area contributed by atoms with Crippen molar-refractivity contribution < 1.29 is 14.4 Å². The van der Waals surface area contributed by atoms with Crippen LogP contribution < -0.4 is 14.8 Å². The van der Waals surface area contributed by atoms with Crippen LogP contribution >= 0.6 is 11.3 Å². The number of rotatable bonds is 5. The molecule has 0 bridgehead atoms. The molecule has 1 aliphatic rings. The number of nitro groups is 1. The first-order valence-electron chi connectivity index (χ1n) is 8.53. The average molecular weight is 406 g/mol. The van der Waals surface area contributed by atoms with Gasteiger partial charge >= 0.3 is 0 Å². The van der Waals surface area contributed by atoms with Gasteiger partial charge in [0.05, 0.1) is 10.6 Å². The minimum Gasteiger partial charge on any atom is -0.454 e. The lowest BCUT2D eigenvalue weighted by Crippen LogP contribution is -1.95. The summed E-state index contributed by atoms with van der Waals surface area (Å²) in [6.45, 7) is 1.96. The first-order valence-corrected chi connectivity index (χ1v) is 9.41. The summed E-state index contributed by atoms with van der Waals surface area (Å²) < 4.78 is 10.7. The fourth-order valence-corrected chi connectivity index (χ4v) is 3.60. The van der Waals surface area contributed by atoms with Crippen LogP contribution in [0.1, 0.15) is 10.6 Å². The minimum absolute atomic E-state index is 0.0193. The monoisotopic (exact) mass is 406 g/mol. The Hall–Kier alpha value is -3.90. The molecule has 2 aromatic carbocycles. The van der Waals surface area contributed by atoms with Crippen LogP contribution in [0, 0.1) is 28.4 Å². The molecule has 144 valence electrons. The molecular weight excluding hydrogens is 392 g/mol. The molecule has 1 aromatic heterocycles. The van der Waals surface area contributed by atoms with E-state index in [9.17, 15) is 15.4 Å². The van der Waals surface area contributed by atoms with E-state index in [2.05, 4.69) is 16.4 Å². The maximum Gasteiger partial charge on any atom is 0.269 e. The number of nitriles is 1. The van der Waals surface area contributed by atoms with Crippen LogP contribution in [0.5, 0.6) is 11.5 Å². The summed E-state index contributed by atoms with van der Waals surface area (Å²) >= 11 is 1.35. The van der Waals surface area contributed by atoms with E-state index in [1.807, 2.05) is 23.6 Å². The number of nitrogens with one attached hydrogen (secondary N) is 1. The predicted molar refractivity (Wildman–Crippen MR) is 109 cm³/mol. The first-order chi connectivity index (χ1) is 14.0. The van der Waals surface area contributed by atoms with Gasteiger partial charge in [0, 0.05) is 35.0 Å². The van der Waals surface area contributed by atoms with Gasteiger partial charge in [-0.25, -0.2) is 4.98 Å². The van der Waals surface area contributed by atoms with E-state index in [4.69, 9.17) is 9.47 Å². The van der Waals surface area contributed by atoms with Gasteiger partial charge in [0.25, 0.3) is 5.69 Å². The molecular formula is C20H14N4O4S. The zero-order valence-corrected chi connectivity index (χ0v) is 16.0. The number of nitrogens with zero attached hydrogens (tertiary/aromatic N) is 3. The second-order valence-corrected chi connectivity index (χ2v) is 7.03. The molecule has 1 aliphatic heterocycles. The number of aryl methyl sites for hydroxylation is 1. The van der Waals surface area contributed by atoms with Gasteiger partial charge in [-0.1, -0.05) is 0 Å². The number of anilines is 1. The molecule has 0 aliphatic carbocycles. The zero-order valence-electron chi connectivity index (χ0n) is 15.2. The highest BCUT2D eigenvalue weighted by atomic mass is 32.1. The van der Waals surface area contributed by atoms with Crippen LogP contribution in [0.4, 0.5) is 11.4 Å². The number of nitro benzene ring substituents is 1. The molecule has 0 saturated heterocycles. The predicted octanol–water partition coefficient (Wildman–Crippen LogP) is 4.73. The van der Waals surface area contributed by atoms with Crippen molar-refractivity contribution in [2.24, 2.45) is 0 Å². The van der Waals surface area contributed by atoms with Gasteiger partial charge in [0.1, 0.15) is 16.6 Å². The van der Waals surface area contributed by atoms with E-state index in [0.717, 1.165) is 11.3 Å². The summed E-state index contributed by atoms with van der Waals surface area (Å²) in [4.78, 5) is 15.0. The minimum atomic E-state index is -0.444. The Morgan fingerprint density at radius 2 is 2.14 bits per heavy atom. The largest absolute Gasteiger partial charge is 0.454 e. The lowest BCUT2D eigenvalue weighted by molar-refractivity contribution is -0.384. The summed E-state index contributed by atoms with van der Waals surface area (Å²) in [5, 5.41) is 25.9. The standard InChI is InChI=1S/C20H14N4O4S/c1-12-6-15(24(25)26)3-4-16(12)22-9-14(8-21)20-23-17(10-29-20)13-2-5-18-19(7-13)28-11-27-18/h2-7,9-10,22H,11H2,1H3/b14-9-. The molecule has 9 heteroatoms. The molecule has 1 N–H and O–H groups in total. The summed E-state index contributed by atoms with van der Waals surface area (Å²) in [7, 11) is 0. The molecule has 0 unspecified atom stereocenters. The third-order valence-electron chi connectivity index (χ3n) is 4.32. The summed E-state index contributed by atoms with van der Waals surface area (Å²) in [5.41, 5.74) is 3.36. The van der Waals surface area contributed by atoms with Crippen molar-refractivity contribution in [1.82, 2.24) is 4.98 Å². The number of hydrogen-bond donors (Lipinski definition) is 1. The quantitative estimate of drug-likeness (QED) is 0.370. The van der Waals surface area contributed by atoms with Crippen molar-refractivity contribution in [3.63, 3.8) is 0 Å². The van der Waals surface area contributed by atoms with Crippen molar-refractivity contribution >= 4 is 28.3 Å². The normalized spacial score (nSPS) is 12.5. The van der Waals surface area contributed by atoms with E-state index in [1.54, 1.807) is 19.2 Å². The van der Waals surface area contributed by atoms with Crippen LogP contribution in [-0.2, 0) is 0 Å². The smallest absolute Gasteiger partial charge is 0.269 e. The Morgan fingerprint density at radius 1 is 1.31 bits per heavy atom. The molecule has 4 rings (SSSR count). The summed E-state index contributed by atoms with van der Waals surface area (Å²) in [6, 6.07) is 12.2. The summed E-state index contributed by atoms with van der Waals surface area (Å²) in [5.74, 6) is 1.37. The lowest BCUT2D eigenvalue weighted by atomic mass is 10.1. The SMILES string of the molecule is Cc1cc([N+](=O)[O-])ccc1N/C=C(/C#N)c1nc(-c2ccc3c(c2)OCO3)cs1. The van der Waals surface area contributed by atoms with Gasteiger partial charge in [0.2, 0.25) is 6.79 Å². The van der Waals surface area contributed by atoms with Crippen LogP contribution in [0.15, 0.2) is 48.0 Å². The number of allylic oxidation sites excluding steroid dienone is 1. The molecule has 0 fully saturated rings. The number of ether oxygens (including phenoxy) is 2. The molecule has 0 atom stereocenters. The Kier molecular flexibility index (Phi) is 4.85. The van der Waals surface area contributed by atoms with E-state index in [-0.39, 0.29) is 12.5 Å². The number of benzene rings is 2. The molecule has 0 radical (unpaired) electrons. The molecule has 29 heavy (non-hydrogen) atoms. The Bertz CT molecular complexity index is 1180. The van der Waals surface area contributed by atoms with Crippen molar-refractivity contribution in [2.45, 2.75) is 6.92 Å². The third-order valence-corrected chi connectivity index (χ3v) is 5.19. The third kappa shape index (κ3) is 3.74. The highest BCUT2D eigenvalue weighted by molar-refractivity contribution is 7.11. The van der Waals surface area contributed by atoms with Gasteiger partial charge in [-0.15, -0.1) is 11.3 Å². The van der Waals surface area contributed by atoms with Crippen LogP contribution in [-0.4, -0.2) is 16.7 Å². The second-order valence-electron chi connectivity index (χ2n) is 6.18. The molecule has 0 saturated carbocycles. The highest BCUT2D eigenvalue weighted by Crippen LogP contribution is 2.36. The Labute approximate surface area is 169 Å². The molecule has 0 amide bonds. The van der Waals surface area contributed by atoms with E-state index < -0.39 is 4.92 Å². The van der Waals surface area contributed by atoms with Gasteiger partial charge in [-0.2, -0.15) is 5.26 Å². The van der Waals surface area contributed by atoms with Gasteiger partial charge in [-0.3, -0.25) is 10.1 Å². The van der Waals surface area contributed by atoms with Crippen LogP contribution in [0.25, 0.3) is 16.8 Å². The van der Waals surface area contributed by atoms with Crippen molar-refractivity contribution in [3.8, 4) is 28.8 Å². The van der Waals surface area contributed by atoms with Gasteiger partial charge in [0.15, 0.2) is 11.5 Å². The number of non-ortho nitro benzene ring substituents is 1. The lowest BCUT2D eigenvalue weighted by Gasteiger charge is -2.05. The van der Waals surface area contributed by atoms with Crippen LogP contribution in [0.3, 0.4) is 0 Å². The van der Waals surface area contributed by atoms with Gasteiger partial charge in [-0.05, 0) is 36.8 Å². The topological polar surface area (TPSA) is 110 Å². The number of fused-ring (bicyclic) bond motifs is 1. The molecule has 8 nitrogen and oxygen atoms in total. The molecule has 0 spiro atoms. The Morgan fingerprint density at radius 3 is 2.90 bits per heavy atom. The van der Waals surface area contributed by atoms with Crippen molar-refractivity contribution in [2.75, 3.05) is 12.1 Å². The van der Waals surface area contributed by atoms with Crippen molar-refractivity contribution in [3.05, 3.63) is 68.7 Å². The number of aromatic nitrogens is 1. The maximum atomic E-state index is 10.9. The average Bonchev–Trinajstić information content (AvgIpc) is 3.38.